The van der Waals surface area contributed by atoms with Crippen LogP contribution in [-0.4, -0.2) is 35.9 Å². The highest BCUT2D eigenvalue weighted by atomic mass is 35.5. The number of carbonyl (C=O) groups excluding carboxylic acids is 1. The second-order valence-corrected chi connectivity index (χ2v) is 5.67. The fourth-order valence-electron chi connectivity index (χ4n) is 2.39. The standard InChI is InChI=1S/C13H21N3OS.2ClH/c1-10-9-18-13(15-10)11-5-3-4-8-16(11)12(17)6-7-14-2;;/h9,11,14H,3-8H2,1-2H3;2*1H. The Kier molecular flexibility index (Phi) is 9.38. The summed E-state index contributed by atoms with van der Waals surface area (Å²) in [5.41, 5.74) is 1.06. The van der Waals surface area contributed by atoms with Crippen LogP contribution in [0.4, 0.5) is 0 Å². The maximum Gasteiger partial charge on any atom is 0.224 e. The zero-order valence-electron chi connectivity index (χ0n) is 11.9. The number of thiazole rings is 1. The van der Waals surface area contributed by atoms with Crippen molar-refractivity contribution in [3.05, 3.63) is 16.1 Å². The Morgan fingerprint density at radius 1 is 1.50 bits per heavy atom. The molecule has 116 valence electrons. The van der Waals surface area contributed by atoms with Gasteiger partial charge >= 0.3 is 0 Å². The highest BCUT2D eigenvalue weighted by Gasteiger charge is 2.29. The Labute approximate surface area is 137 Å². The van der Waals surface area contributed by atoms with Crippen LogP contribution in [0, 0.1) is 6.92 Å². The van der Waals surface area contributed by atoms with Crippen molar-refractivity contribution in [3.63, 3.8) is 0 Å². The first-order chi connectivity index (χ1) is 8.72. The number of aromatic nitrogens is 1. The van der Waals surface area contributed by atoms with Gasteiger partial charge in [0.25, 0.3) is 0 Å². The largest absolute Gasteiger partial charge is 0.333 e. The maximum atomic E-state index is 12.2. The van der Waals surface area contributed by atoms with Gasteiger partial charge in [-0.1, -0.05) is 0 Å². The van der Waals surface area contributed by atoms with Crippen LogP contribution in [0.1, 0.15) is 42.4 Å². The third kappa shape index (κ3) is 4.88. The normalized spacial score (nSPS) is 18.1. The molecular formula is C13H23Cl2N3OS. The van der Waals surface area contributed by atoms with E-state index in [0.29, 0.717) is 6.42 Å². The molecule has 1 aliphatic rings. The van der Waals surface area contributed by atoms with Gasteiger partial charge in [-0.2, -0.15) is 0 Å². The van der Waals surface area contributed by atoms with Crippen LogP contribution in [0.5, 0.6) is 0 Å². The number of amides is 1. The number of hydrogen-bond donors (Lipinski definition) is 1. The molecule has 1 atom stereocenters. The Balaban J connectivity index is 0.00000180. The zero-order valence-corrected chi connectivity index (χ0v) is 14.4. The molecule has 1 N–H and O–H groups in total. The van der Waals surface area contributed by atoms with Crippen LogP contribution in [0.2, 0.25) is 0 Å². The third-order valence-electron chi connectivity index (χ3n) is 3.33. The van der Waals surface area contributed by atoms with Gasteiger partial charge in [-0.15, -0.1) is 36.2 Å². The van der Waals surface area contributed by atoms with Crippen LogP contribution in [0.3, 0.4) is 0 Å². The molecule has 1 saturated heterocycles. The number of likely N-dealkylation sites (tertiary alicyclic amines) is 1. The van der Waals surface area contributed by atoms with Crippen molar-refractivity contribution in [1.82, 2.24) is 15.2 Å². The molecule has 0 spiro atoms. The summed E-state index contributed by atoms with van der Waals surface area (Å²) >= 11 is 1.68. The molecule has 2 heterocycles. The summed E-state index contributed by atoms with van der Waals surface area (Å²) in [4.78, 5) is 18.8. The van der Waals surface area contributed by atoms with E-state index in [1.165, 1.54) is 6.42 Å². The van der Waals surface area contributed by atoms with Crippen LogP contribution >= 0.6 is 36.2 Å². The summed E-state index contributed by atoms with van der Waals surface area (Å²) in [6, 6.07) is 0.210. The average Bonchev–Trinajstić information content (AvgIpc) is 2.82. The average molecular weight is 340 g/mol. The molecule has 0 saturated carbocycles. The molecule has 0 aliphatic carbocycles. The molecule has 1 unspecified atom stereocenters. The Morgan fingerprint density at radius 2 is 2.25 bits per heavy atom. The number of rotatable bonds is 4. The summed E-state index contributed by atoms with van der Waals surface area (Å²) in [7, 11) is 1.88. The van der Waals surface area contributed by atoms with Gasteiger partial charge in [0.2, 0.25) is 5.91 Å². The van der Waals surface area contributed by atoms with E-state index >= 15 is 0 Å². The molecule has 4 nitrogen and oxygen atoms in total. The van der Waals surface area contributed by atoms with Crippen LogP contribution in [0.15, 0.2) is 5.38 Å². The van der Waals surface area contributed by atoms with Crippen molar-refractivity contribution in [3.8, 4) is 0 Å². The predicted molar refractivity (Wildman–Crippen MR) is 88.2 cm³/mol. The SMILES string of the molecule is CNCCC(=O)N1CCCCC1c1nc(C)cs1.Cl.Cl. The molecule has 1 aromatic rings. The first kappa shape index (κ1) is 19.6. The van der Waals surface area contributed by atoms with Gasteiger partial charge in [0, 0.05) is 30.6 Å². The van der Waals surface area contributed by atoms with Gasteiger partial charge in [-0.3, -0.25) is 4.79 Å². The molecule has 2 rings (SSSR count). The first-order valence-electron chi connectivity index (χ1n) is 6.58. The molecule has 0 radical (unpaired) electrons. The summed E-state index contributed by atoms with van der Waals surface area (Å²) in [5, 5.41) is 6.21. The van der Waals surface area contributed by atoms with E-state index in [-0.39, 0.29) is 36.8 Å². The number of piperidine rings is 1. The lowest BCUT2D eigenvalue weighted by Gasteiger charge is -2.34. The number of aryl methyl sites for hydroxylation is 1. The number of nitrogens with zero attached hydrogens (tertiary/aromatic N) is 2. The van der Waals surface area contributed by atoms with E-state index in [1.54, 1.807) is 11.3 Å². The fraction of sp³-hybridized carbons (Fsp3) is 0.692. The van der Waals surface area contributed by atoms with Gasteiger partial charge < -0.3 is 10.2 Å². The lowest BCUT2D eigenvalue weighted by atomic mass is 10.0. The van der Waals surface area contributed by atoms with Gasteiger partial charge in [0.1, 0.15) is 5.01 Å². The van der Waals surface area contributed by atoms with Crippen molar-refractivity contribution < 1.29 is 4.79 Å². The smallest absolute Gasteiger partial charge is 0.224 e. The van der Waals surface area contributed by atoms with Gasteiger partial charge in [-0.25, -0.2) is 4.98 Å². The molecule has 7 heteroatoms. The number of hydrogen-bond acceptors (Lipinski definition) is 4. The second-order valence-electron chi connectivity index (χ2n) is 4.78. The lowest BCUT2D eigenvalue weighted by molar-refractivity contribution is -0.134. The monoisotopic (exact) mass is 339 g/mol. The van der Waals surface area contributed by atoms with Crippen molar-refractivity contribution >= 4 is 42.1 Å². The highest BCUT2D eigenvalue weighted by molar-refractivity contribution is 7.09. The summed E-state index contributed by atoms with van der Waals surface area (Å²) in [5.74, 6) is 0.252. The topological polar surface area (TPSA) is 45.2 Å². The summed E-state index contributed by atoms with van der Waals surface area (Å²) < 4.78 is 0. The Morgan fingerprint density at radius 3 is 2.85 bits per heavy atom. The lowest BCUT2D eigenvalue weighted by Crippen LogP contribution is -2.39. The van der Waals surface area contributed by atoms with E-state index in [2.05, 4.69) is 15.7 Å². The van der Waals surface area contributed by atoms with Gasteiger partial charge in [-0.05, 0) is 33.2 Å². The maximum absolute atomic E-state index is 12.2. The Bertz CT molecular complexity index is 414. The van der Waals surface area contributed by atoms with E-state index in [4.69, 9.17) is 0 Å². The summed E-state index contributed by atoms with van der Waals surface area (Å²) in [6.07, 6.45) is 3.95. The minimum absolute atomic E-state index is 0. The molecular weight excluding hydrogens is 317 g/mol. The Hall–Kier alpha value is -0.360. The predicted octanol–water partition coefficient (Wildman–Crippen LogP) is 2.96. The molecule has 1 fully saturated rings. The summed E-state index contributed by atoms with van der Waals surface area (Å²) in [6.45, 7) is 3.64. The second kappa shape index (κ2) is 9.55. The van der Waals surface area contributed by atoms with Crippen LogP contribution < -0.4 is 5.32 Å². The van der Waals surface area contributed by atoms with Crippen LogP contribution in [-0.2, 0) is 4.79 Å². The van der Waals surface area contributed by atoms with Gasteiger partial charge in [0.05, 0.1) is 6.04 Å². The third-order valence-corrected chi connectivity index (χ3v) is 4.40. The van der Waals surface area contributed by atoms with Crippen molar-refractivity contribution in [2.75, 3.05) is 20.1 Å². The zero-order chi connectivity index (χ0) is 13.0. The number of halogens is 2. The molecule has 20 heavy (non-hydrogen) atoms. The molecule has 1 aliphatic heterocycles. The van der Waals surface area contributed by atoms with Gasteiger partial charge in [0.15, 0.2) is 0 Å². The van der Waals surface area contributed by atoms with Crippen LogP contribution in [0.25, 0.3) is 0 Å². The van der Waals surface area contributed by atoms with Crippen molar-refractivity contribution in [2.24, 2.45) is 0 Å². The highest BCUT2D eigenvalue weighted by Crippen LogP contribution is 2.32. The minimum atomic E-state index is 0. The van der Waals surface area contributed by atoms with E-state index in [1.807, 2.05) is 18.9 Å². The first-order valence-corrected chi connectivity index (χ1v) is 7.46. The van der Waals surface area contributed by atoms with E-state index in [9.17, 15) is 4.79 Å². The minimum Gasteiger partial charge on any atom is -0.333 e. The number of nitrogens with one attached hydrogen (secondary N) is 1. The van der Waals surface area contributed by atoms with Crippen molar-refractivity contribution in [2.45, 2.75) is 38.6 Å². The van der Waals surface area contributed by atoms with E-state index in [0.717, 1.165) is 36.6 Å². The fourth-order valence-corrected chi connectivity index (χ4v) is 3.33. The van der Waals surface area contributed by atoms with E-state index < -0.39 is 0 Å². The molecule has 1 aromatic heterocycles. The number of carbonyl (C=O) groups is 1. The molecule has 0 bridgehead atoms. The molecule has 1 amide bonds. The molecule has 0 aromatic carbocycles. The van der Waals surface area contributed by atoms with Crippen molar-refractivity contribution in [1.29, 1.82) is 0 Å². The quantitative estimate of drug-likeness (QED) is 0.917.